The molecule has 3 nitrogen and oxygen atoms in total. The van der Waals surface area contributed by atoms with E-state index >= 15 is 0 Å². The van der Waals surface area contributed by atoms with Crippen molar-refractivity contribution in [2.24, 2.45) is 0 Å². The predicted octanol–water partition coefficient (Wildman–Crippen LogP) is 4.43. The zero-order chi connectivity index (χ0) is 16.2. The minimum Gasteiger partial charge on any atom is -0.303 e. The smallest absolute Gasteiger partial charge is 0.115 e. The molecule has 1 aromatic heterocycles. The van der Waals surface area contributed by atoms with Gasteiger partial charge in [0, 0.05) is 24.0 Å². The quantitative estimate of drug-likeness (QED) is 0.714. The summed E-state index contributed by atoms with van der Waals surface area (Å²) < 4.78 is 0. The van der Waals surface area contributed by atoms with E-state index in [1.54, 1.807) is 6.33 Å². The van der Waals surface area contributed by atoms with Crippen LogP contribution in [0.15, 0.2) is 67.3 Å². The SMILES string of the molecule is C[C@H](c1ccc(-c2ccc(-c3cncnc3)cc2)cc1)N(C)C. The molecule has 0 aliphatic heterocycles. The minimum absolute atomic E-state index is 0.421. The van der Waals surface area contributed by atoms with Crippen LogP contribution in [0, 0.1) is 0 Å². The van der Waals surface area contributed by atoms with Gasteiger partial charge < -0.3 is 4.90 Å². The lowest BCUT2D eigenvalue weighted by molar-refractivity contribution is 0.321. The maximum absolute atomic E-state index is 4.07. The molecule has 0 unspecified atom stereocenters. The second kappa shape index (κ2) is 6.71. The number of aromatic nitrogens is 2. The molecule has 0 saturated carbocycles. The van der Waals surface area contributed by atoms with Gasteiger partial charge in [-0.1, -0.05) is 48.5 Å². The Labute approximate surface area is 137 Å². The molecule has 0 radical (unpaired) electrons. The Kier molecular flexibility index (Phi) is 4.49. The largest absolute Gasteiger partial charge is 0.303 e. The molecule has 0 saturated heterocycles. The van der Waals surface area contributed by atoms with E-state index in [0.717, 1.165) is 11.1 Å². The molecule has 0 aliphatic rings. The fourth-order valence-electron chi connectivity index (χ4n) is 2.56. The van der Waals surface area contributed by atoms with Gasteiger partial charge in [0.1, 0.15) is 6.33 Å². The summed E-state index contributed by atoms with van der Waals surface area (Å²) >= 11 is 0. The molecular weight excluding hydrogens is 282 g/mol. The Morgan fingerprint density at radius 2 is 1.13 bits per heavy atom. The van der Waals surface area contributed by atoms with Crippen LogP contribution in [-0.4, -0.2) is 29.0 Å². The average molecular weight is 303 g/mol. The third kappa shape index (κ3) is 3.46. The second-order valence-electron chi connectivity index (χ2n) is 5.97. The zero-order valence-corrected chi connectivity index (χ0v) is 13.8. The van der Waals surface area contributed by atoms with Gasteiger partial charge in [-0.2, -0.15) is 0 Å². The van der Waals surface area contributed by atoms with E-state index in [9.17, 15) is 0 Å². The number of nitrogens with zero attached hydrogens (tertiary/aromatic N) is 3. The molecule has 0 fully saturated rings. The van der Waals surface area contributed by atoms with E-state index in [0.29, 0.717) is 6.04 Å². The molecule has 0 amide bonds. The van der Waals surface area contributed by atoms with Gasteiger partial charge in [0.25, 0.3) is 0 Å². The van der Waals surface area contributed by atoms with Gasteiger partial charge in [-0.05, 0) is 43.3 Å². The molecule has 3 aromatic rings. The van der Waals surface area contributed by atoms with Gasteiger partial charge in [0.2, 0.25) is 0 Å². The van der Waals surface area contributed by atoms with Crippen LogP contribution >= 0.6 is 0 Å². The summed E-state index contributed by atoms with van der Waals surface area (Å²) in [6.45, 7) is 2.21. The van der Waals surface area contributed by atoms with Crippen molar-refractivity contribution in [2.75, 3.05) is 14.1 Å². The first kappa shape index (κ1) is 15.4. The molecular formula is C20H21N3. The van der Waals surface area contributed by atoms with Gasteiger partial charge in [-0.25, -0.2) is 9.97 Å². The highest BCUT2D eigenvalue weighted by Gasteiger charge is 2.07. The molecule has 116 valence electrons. The first-order valence-electron chi connectivity index (χ1n) is 7.77. The predicted molar refractivity (Wildman–Crippen MR) is 95.0 cm³/mol. The lowest BCUT2D eigenvalue weighted by Crippen LogP contribution is -2.16. The highest BCUT2D eigenvalue weighted by molar-refractivity contribution is 5.69. The first-order chi connectivity index (χ1) is 11.1. The molecule has 0 bridgehead atoms. The summed E-state index contributed by atoms with van der Waals surface area (Å²) in [6.07, 6.45) is 5.22. The molecule has 1 heterocycles. The highest BCUT2D eigenvalue weighted by Crippen LogP contribution is 2.26. The van der Waals surface area contributed by atoms with Gasteiger partial charge in [-0.3, -0.25) is 0 Å². The Balaban J connectivity index is 1.82. The van der Waals surface area contributed by atoms with Crippen LogP contribution in [0.3, 0.4) is 0 Å². The number of hydrogen-bond acceptors (Lipinski definition) is 3. The monoisotopic (exact) mass is 303 g/mol. The first-order valence-corrected chi connectivity index (χ1v) is 7.77. The van der Waals surface area contributed by atoms with Crippen LogP contribution < -0.4 is 0 Å². The molecule has 1 atom stereocenters. The second-order valence-corrected chi connectivity index (χ2v) is 5.97. The number of rotatable bonds is 4. The van der Waals surface area contributed by atoms with Crippen molar-refractivity contribution in [3.05, 3.63) is 72.8 Å². The topological polar surface area (TPSA) is 29.0 Å². The van der Waals surface area contributed by atoms with Crippen molar-refractivity contribution in [1.82, 2.24) is 14.9 Å². The summed E-state index contributed by atoms with van der Waals surface area (Å²) in [7, 11) is 4.20. The number of hydrogen-bond donors (Lipinski definition) is 0. The minimum atomic E-state index is 0.421. The molecule has 2 aromatic carbocycles. The standard InChI is InChI=1S/C20H21N3/c1-15(23(2)3)16-4-6-17(7-5-16)18-8-10-19(11-9-18)20-12-21-14-22-13-20/h4-15H,1-3H3/t15-/m1/s1. The highest BCUT2D eigenvalue weighted by atomic mass is 15.1. The van der Waals surface area contributed by atoms with Crippen LogP contribution in [0.4, 0.5) is 0 Å². The normalized spacial score (nSPS) is 12.3. The maximum Gasteiger partial charge on any atom is 0.115 e. The third-order valence-corrected chi connectivity index (χ3v) is 4.28. The lowest BCUT2D eigenvalue weighted by atomic mass is 9.99. The third-order valence-electron chi connectivity index (χ3n) is 4.28. The Morgan fingerprint density at radius 1 is 0.696 bits per heavy atom. The average Bonchev–Trinajstić information content (AvgIpc) is 2.62. The Bertz CT molecular complexity index is 747. The summed E-state index contributed by atoms with van der Waals surface area (Å²) in [4.78, 5) is 10.3. The van der Waals surface area contributed by atoms with E-state index in [-0.39, 0.29) is 0 Å². The van der Waals surface area contributed by atoms with Crippen LogP contribution in [-0.2, 0) is 0 Å². The van der Waals surface area contributed by atoms with E-state index in [4.69, 9.17) is 0 Å². The van der Waals surface area contributed by atoms with Crippen LogP contribution in [0.5, 0.6) is 0 Å². The summed E-state index contributed by atoms with van der Waals surface area (Å²) in [5.41, 5.74) is 5.95. The number of benzene rings is 2. The van der Waals surface area contributed by atoms with E-state index in [1.165, 1.54) is 16.7 Å². The summed E-state index contributed by atoms with van der Waals surface area (Å²) in [5.74, 6) is 0. The van der Waals surface area contributed by atoms with Crippen molar-refractivity contribution in [1.29, 1.82) is 0 Å². The maximum atomic E-state index is 4.07. The molecule has 0 N–H and O–H groups in total. The van der Waals surface area contributed by atoms with Gasteiger partial charge >= 0.3 is 0 Å². The van der Waals surface area contributed by atoms with Crippen molar-refractivity contribution in [2.45, 2.75) is 13.0 Å². The van der Waals surface area contributed by atoms with Crippen molar-refractivity contribution in [3.8, 4) is 22.3 Å². The summed E-state index contributed by atoms with van der Waals surface area (Å²) in [6, 6.07) is 17.7. The van der Waals surface area contributed by atoms with Crippen molar-refractivity contribution < 1.29 is 0 Å². The van der Waals surface area contributed by atoms with E-state index < -0.39 is 0 Å². The fraction of sp³-hybridized carbons (Fsp3) is 0.200. The van der Waals surface area contributed by atoms with Crippen LogP contribution in [0.2, 0.25) is 0 Å². The van der Waals surface area contributed by atoms with Gasteiger partial charge in [0.15, 0.2) is 0 Å². The fourth-order valence-corrected chi connectivity index (χ4v) is 2.56. The molecule has 0 spiro atoms. The van der Waals surface area contributed by atoms with Gasteiger partial charge in [-0.15, -0.1) is 0 Å². The Hall–Kier alpha value is -2.52. The van der Waals surface area contributed by atoms with E-state index in [1.807, 2.05) is 12.4 Å². The van der Waals surface area contributed by atoms with Crippen molar-refractivity contribution >= 4 is 0 Å². The molecule has 3 heteroatoms. The lowest BCUT2D eigenvalue weighted by Gasteiger charge is -2.20. The molecule has 3 rings (SSSR count). The van der Waals surface area contributed by atoms with Gasteiger partial charge in [0.05, 0.1) is 0 Å². The summed E-state index contributed by atoms with van der Waals surface area (Å²) in [5, 5.41) is 0. The van der Waals surface area contributed by atoms with Crippen LogP contribution in [0.1, 0.15) is 18.5 Å². The van der Waals surface area contributed by atoms with Crippen molar-refractivity contribution in [3.63, 3.8) is 0 Å². The van der Waals surface area contributed by atoms with E-state index in [2.05, 4.69) is 84.4 Å². The molecule has 0 aliphatic carbocycles. The molecule has 23 heavy (non-hydrogen) atoms. The Morgan fingerprint density at radius 3 is 1.61 bits per heavy atom. The zero-order valence-electron chi connectivity index (χ0n) is 13.8. The van der Waals surface area contributed by atoms with Crippen LogP contribution in [0.25, 0.3) is 22.3 Å².